The third kappa shape index (κ3) is 2.93. The highest BCUT2D eigenvalue weighted by Crippen LogP contribution is 2.26. The molecule has 0 aliphatic heterocycles. The minimum Gasteiger partial charge on any atom is -0.465 e. The van der Waals surface area contributed by atoms with Crippen molar-refractivity contribution in [2.24, 2.45) is 0 Å². The minimum absolute atomic E-state index is 0.0863. The molecule has 0 fully saturated rings. The number of benzene rings is 1. The van der Waals surface area contributed by atoms with Gasteiger partial charge in [0.05, 0.1) is 17.6 Å². The molecule has 0 aliphatic rings. The lowest BCUT2D eigenvalue weighted by molar-refractivity contribution is 0.0600. The lowest BCUT2D eigenvalue weighted by atomic mass is 10.2. The SMILES string of the molecule is COC(=O)c1ccc(S(=O)(=O)Cl)c(Br)c1. The average molecular weight is 314 g/mol. The smallest absolute Gasteiger partial charge is 0.337 e. The number of carbonyl (C=O) groups is 1. The molecule has 0 unspecified atom stereocenters. The molecule has 0 atom stereocenters. The van der Waals surface area contributed by atoms with Crippen LogP contribution in [-0.2, 0) is 13.8 Å². The Morgan fingerprint density at radius 1 is 1.47 bits per heavy atom. The molecule has 15 heavy (non-hydrogen) atoms. The van der Waals surface area contributed by atoms with E-state index in [0.29, 0.717) is 0 Å². The van der Waals surface area contributed by atoms with Gasteiger partial charge in [-0.25, -0.2) is 13.2 Å². The third-order valence-electron chi connectivity index (χ3n) is 1.62. The Morgan fingerprint density at radius 2 is 2.07 bits per heavy atom. The van der Waals surface area contributed by atoms with E-state index in [1.807, 2.05) is 0 Å². The number of hydrogen-bond donors (Lipinski definition) is 0. The van der Waals surface area contributed by atoms with Crippen LogP contribution < -0.4 is 0 Å². The molecule has 4 nitrogen and oxygen atoms in total. The van der Waals surface area contributed by atoms with Crippen molar-refractivity contribution in [1.82, 2.24) is 0 Å². The van der Waals surface area contributed by atoms with Crippen LogP contribution in [0, 0.1) is 0 Å². The van der Waals surface area contributed by atoms with Crippen molar-refractivity contribution in [3.05, 3.63) is 28.2 Å². The van der Waals surface area contributed by atoms with Crippen LogP contribution in [0.2, 0.25) is 0 Å². The fourth-order valence-electron chi connectivity index (χ4n) is 0.943. The van der Waals surface area contributed by atoms with Crippen molar-refractivity contribution in [3.8, 4) is 0 Å². The Balaban J connectivity index is 3.27. The molecule has 0 radical (unpaired) electrons. The maximum absolute atomic E-state index is 11.1. The van der Waals surface area contributed by atoms with Crippen molar-refractivity contribution in [1.29, 1.82) is 0 Å². The van der Waals surface area contributed by atoms with Gasteiger partial charge in [0.2, 0.25) is 0 Å². The largest absolute Gasteiger partial charge is 0.465 e. The standard InChI is InChI=1S/C8H6BrClO4S/c1-14-8(11)5-2-3-7(6(9)4-5)15(10,12)13/h2-4H,1H3. The summed E-state index contributed by atoms with van der Waals surface area (Å²) in [6.45, 7) is 0. The van der Waals surface area contributed by atoms with Crippen LogP contribution >= 0.6 is 26.6 Å². The number of hydrogen-bond acceptors (Lipinski definition) is 4. The molecule has 82 valence electrons. The van der Waals surface area contributed by atoms with E-state index >= 15 is 0 Å². The summed E-state index contributed by atoms with van der Waals surface area (Å²) >= 11 is 3.01. The first-order valence-electron chi connectivity index (χ1n) is 3.69. The van der Waals surface area contributed by atoms with Crippen LogP contribution in [0.3, 0.4) is 0 Å². The van der Waals surface area contributed by atoms with Gasteiger partial charge in [0.15, 0.2) is 0 Å². The third-order valence-corrected chi connectivity index (χ3v) is 3.91. The summed E-state index contributed by atoms with van der Waals surface area (Å²) in [7, 11) is 2.58. The fraction of sp³-hybridized carbons (Fsp3) is 0.125. The molecule has 0 heterocycles. The van der Waals surface area contributed by atoms with Gasteiger partial charge in [-0.05, 0) is 34.1 Å². The van der Waals surface area contributed by atoms with Gasteiger partial charge in [-0.1, -0.05) is 0 Å². The van der Waals surface area contributed by atoms with Gasteiger partial charge in [0.25, 0.3) is 9.05 Å². The second-order valence-electron chi connectivity index (χ2n) is 2.57. The first-order valence-corrected chi connectivity index (χ1v) is 6.79. The molecule has 0 saturated heterocycles. The molecule has 0 saturated carbocycles. The van der Waals surface area contributed by atoms with E-state index in [9.17, 15) is 13.2 Å². The first-order chi connectivity index (χ1) is 6.86. The second-order valence-corrected chi connectivity index (χ2v) is 5.96. The van der Waals surface area contributed by atoms with E-state index < -0.39 is 15.0 Å². The molecular formula is C8H6BrClO4S. The van der Waals surface area contributed by atoms with E-state index in [1.54, 1.807) is 0 Å². The number of esters is 1. The normalized spacial score (nSPS) is 11.1. The lowest BCUT2D eigenvalue weighted by Crippen LogP contribution is -2.02. The van der Waals surface area contributed by atoms with Crippen LogP contribution in [0.15, 0.2) is 27.6 Å². The zero-order valence-electron chi connectivity index (χ0n) is 7.53. The summed E-state index contributed by atoms with van der Waals surface area (Å²) in [4.78, 5) is 11.0. The first kappa shape index (κ1) is 12.5. The second kappa shape index (κ2) is 4.51. The Kier molecular flexibility index (Phi) is 3.75. The van der Waals surface area contributed by atoms with Crippen LogP contribution in [-0.4, -0.2) is 21.5 Å². The summed E-state index contributed by atoms with van der Waals surface area (Å²) < 4.78 is 26.7. The number of halogens is 2. The lowest BCUT2D eigenvalue weighted by Gasteiger charge is -2.03. The molecule has 0 spiro atoms. The summed E-state index contributed by atoms with van der Waals surface area (Å²) in [5.41, 5.74) is 0.244. The van der Waals surface area contributed by atoms with Crippen molar-refractivity contribution in [2.75, 3.05) is 7.11 Å². The van der Waals surface area contributed by atoms with Crippen molar-refractivity contribution in [3.63, 3.8) is 0 Å². The predicted molar refractivity (Wildman–Crippen MR) is 58.5 cm³/mol. The zero-order valence-corrected chi connectivity index (χ0v) is 10.7. The summed E-state index contributed by atoms with van der Waals surface area (Å²) in [5, 5.41) is 0. The molecule has 1 aromatic carbocycles. The number of carbonyl (C=O) groups excluding carboxylic acids is 1. The van der Waals surface area contributed by atoms with Gasteiger partial charge in [-0.15, -0.1) is 0 Å². The molecule has 1 rings (SSSR count). The highest BCUT2D eigenvalue weighted by molar-refractivity contribution is 9.10. The van der Waals surface area contributed by atoms with Crippen molar-refractivity contribution < 1.29 is 17.9 Å². The maximum atomic E-state index is 11.1. The Hall–Kier alpha value is -0.590. The van der Waals surface area contributed by atoms with E-state index in [0.717, 1.165) is 0 Å². The van der Waals surface area contributed by atoms with Gasteiger partial charge >= 0.3 is 5.97 Å². The van der Waals surface area contributed by atoms with Crippen LogP contribution in [0.1, 0.15) is 10.4 Å². The van der Waals surface area contributed by atoms with Gasteiger partial charge in [0, 0.05) is 15.2 Å². The molecule has 0 aromatic heterocycles. The van der Waals surface area contributed by atoms with E-state index in [4.69, 9.17) is 10.7 Å². The topological polar surface area (TPSA) is 60.4 Å². The van der Waals surface area contributed by atoms with Crippen LogP contribution in [0.5, 0.6) is 0 Å². The van der Waals surface area contributed by atoms with Gasteiger partial charge in [0.1, 0.15) is 0 Å². The van der Waals surface area contributed by atoms with Crippen LogP contribution in [0.4, 0.5) is 0 Å². The predicted octanol–water partition coefficient (Wildman–Crippen LogP) is 2.16. The molecular weight excluding hydrogens is 308 g/mol. The Labute approximate surface area is 99.7 Å². The number of ether oxygens (including phenoxy) is 1. The maximum Gasteiger partial charge on any atom is 0.337 e. The van der Waals surface area contributed by atoms with Gasteiger partial charge in [-0.3, -0.25) is 0 Å². The highest BCUT2D eigenvalue weighted by Gasteiger charge is 2.16. The number of methoxy groups -OCH3 is 1. The fourth-order valence-corrected chi connectivity index (χ4v) is 3.17. The summed E-state index contributed by atoms with van der Waals surface area (Å²) in [5.74, 6) is -0.547. The van der Waals surface area contributed by atoms with E-state index in [1.165, 1.54) is 25.3 Å². The van der Waals surface area contributed by atoms with Gasteiger partial charge < -0.3 is 4.74 Å². The Morgan fingerprint density at radius 3 is 2.47 bits per heavy atom. The summed E-state index contributed by atoms with van der Waals surface area (Å²) in [6.07, 6.45) is 0. The van der Waals surface area contributed by atoms with Crippen molar-refractivity contribution >= 4 is 41.6 Å². The molecule has 7 heteroatoms. The van der Waals surface area contributed by atoms with Crippen LogP contribution in [0.25, 0.3) is 0 Å². The minimum atomic E-state index is -3.81. The van der Waals surface area contributed by atoms with Crippen molar-refractivity contribution in [2.45, 2.75) is 4.90 Å². The van der Waals surface area contributed by atoms with E-state index in [2.05, 4.69) is 20.7 Å². The molecule has 0 N–H and O–H groups in total. The molecule has 1 aromatic rings. The molecule has 0 aliphatic carbocycles. The average Bonchev–Trinajstić information content (AvgIpc) is 2.14. The quantitative estimate of drug-likeness (QED) is 0.620. The monoisotopic (exact) mass is 312 g/mol. The van der Waals surface area contributed by atoms with E-state index in [-0.39, 0.29) is 14.9 Å². The molecule has 0 bridgehead atoms. The highest BCUT2D eigenvalue weighted by atomic mass is 79.9. The summed E-state index contributed by atoms with van der Waals surface area (Å²) in [6, 6.07) is 3.89. The number of rotatable bonds is 2. The van der Waals surface area contributed by atoms with Gasteiger partial charge in [-0.2, -0.15) is 0 Å². The zero-order chi connectivity index (χ0) is 11.6. The Bertz CT molecular complexity index is 497. The molecule has 0 amide bonds.